The number of rotatable bonds is 5. The summed E-state index contributed by atoms with van der Waals surface area (Å²) in [6.07, 6.45) is 11.0. The van der Waals surface area contributed by atoms with Gasteiger partial charge in [-0.3, -0.25) is 4.67 Å². The highest BCUT2D eigenvalue weighted by molar-refractivity contribution is 8.21. The Labute approximate surface area is 215 Å². The van der Waals surface area contributed by atoms with Gasteiger partial charge in [-0.05, 0) is 47.2 Å². The van der Waals surface area contributed by atoms with Crippen LogP contribution in [-0.2, 0) is 11.8 Å². The average molecular weight is 498 g/mol. The molecular formula is C32H36NPS. The molecule has 1 nitrogen and oxygen atoms in total. The zero-order chi connectivity index (χ0) is 23.7. The van der Waals surface area contributed by atoms with Crippen LogP contribution in [-0.4, -0.2) is 16.8 Å². The highest BCUT2D eigenvalue weighted by Gasteiger charge is 2.41. The third kappa shape index (κ3) is 4.29. The zero-order valence-corrected chi connectivity index (χ0v) is 22.3. The SMILES string of the molecule is S=P(c1cccc2ccccc12)(c1cccc2ccccc12)N(C1CCCCC1)C1CCCCC1. The van der Waals surface area contributed by atoms with Crippen molar-refractivity contribution in [2.24, 2.45) is 0 Å². The third-order valence-electron chi connectivity index (χ3n) is 8.41. The van der Waals surface area contributed by atoms with Gasteiger partial charge in [0.1, 0.15) is 0 Å². The van der Waals surface area contributed by atoms with Gasteiger partial charge in [-0.2, -0.15) is 0 Å². The molecule has 0 amide bonds. The van der Waals surface area contributed by atoms with Gasteiger partial charge in [0.05, 0.1) is 6.19 Å². The van der Waals surface area contributed by atoms with Crippen molar-refractivity contribution in [2.45, 2.75) is 76.3 Å². The Morgan fingerprint density at radius 3 is 1.37 bits per heavy atom. The average Bonchev–Trinajstić information content (AvgIpc) is 2.93. The van der Waals surface area contributed by atoms with Crippen molar-refractivity contribution >= 4 is 50.1 Å². The van der Waals surface area contributed by atoms with E-state index in [1.807, 2.05) is 0 Å². The molecule has 180 valence electrons. The second kappa shape index (κ2) is 10.2. The van der Waals surface area contributed by atoms with Gasteiger partial charge >= 0.3 is 0 Å². The molecule has 0 saturated heterocycles. The lowest BCUT2D eigenvalue weighted by Gasteiger charge is -2.49. The second-order valence-electron chi connectivity index (χ2n) is 10.5. The molecule has 4 aromatic rings. The first-order chi connectivity index (χ1) is 17.3. The summed E-state index contributed by atoms with van der Waals surface area (Å²) < 4.78 is 2.98. The first-order valence-corrected chi connectivity index (χ1v) is 16.4. The topological polar surface area (TPSA) is 3.24 Å². The maximum atomic E-state index is 7.21. The van der Waals surface area contributed by atoms with Crippen molar-refractivity contribution in [3.05, 3.63) is 84.9 Å². The molecular weight excluding hydrogens is 461 g/mol. The van der Waals surface area contributed by atoms with Gasteiger partial charge in [0.25, 0.3) is 0 Å². The molecule has 4 aromatic carbocycles. The lowest BCUT2D eigenvalue weighted by Crippen LogP contribution is -2.47. The standard InChI is InChI=1S/C32H36NPS/c35-34(31-23-11-15-25-13-7-9-21-29(25)31,32-24-12-16-26-14-8-10-22-30(26)32)33(27-17-3-1-4-18-27)28-19-5-2-6-20-28/h7-16,21-24,27-28H,1-6,17-20H2. The van der Waals surface area contributed by atoms with Crippen LogP contribution in [0.1, 0.15) is 64.2 Å². The second-order valence-corrected chi connectivity index (χ2v) is 14.7. The molecule has 0 aromatic heterocycles. The van der Waals surface area contributed by atoms with E-state index >= 15 is 0 Å². The Morgan fingerprint density at radius 2 is 0.914 bits per heavy atom. The Morgan fingerprint density at radius 1 is 0.514 bits per heavy atom. The molecule has 2 fully saturated rings. The largest absolute Gasteiger partial charge is 0.262 e. The minimum Gasteiger partial charge on any atom is -0.262 e. The maximum absolute atomic E-state index is 7.21. The predicted molar refractivity (Wildman–Crippen MR) is 157 cm³/mol. The molecule has 2 aliphatic carbocycles. The molecule has 0 atom stereocenters. The molecule has 2 aliphatic rings. The minimum atomic E-state index is -2.30. The lowest BCUT2D eigenvalue weighted by molar-refractivity contribution is 0.179. The molecule has 3 heteroatoms. The van der Waals surface area contributed by atoms with E-state index in [1.165, 1.54) is 96.4 Å². The van der Waals surface area contributed by atoms with Crippen molar-refractivity contribution in [2.75, 3.05) is 0 Å². The Bertz CT molecular complexity index is 1250. The first kappa shape index (κ1) is 23.4. The van der Waals surface area contributed by atoms with E-state index in [1.54, 1.807) is 0 Å². The smallest absolute Gasteiger partial charge is 0.0727 e. The Hall–Kier alpha value is -1.99. The fraction of sp³-hybridized carbons (Fsp3) is 0.375. The van der Waals surface area contributed by atoms with Gasteiger partial charge in [-0.15, -0.1) is 0 Å². The molecule has 35 heavy (non-hydrogen) atoms. The summed E-state index contributed by atoms with van der Waals surface area (Å²) in [6.45, 7) is 0. The van der Waals surface area contributed by atoms with E-state index in [0.29, 0.717) is 12.1 Å². The maximum Gasteiger partial charge on any atom is 0.0727 e. The van der Waals surface area contributed by atoms with E-state index in [-0.39, 0.29) is 0 Å². The highest BCUT2D eigenvalue weighted by atomic mass is 32.4. The van der Waals surface area contributed by atoms with Crippen LogP contribution in [0.2, 0.25) is 0 Å². The van der Waals surface area contributed by atoms with Crippen LogP contribution in [0.25, 0.3) is 21.5 Å². The summed E-state index contributed by atoms with van der Waals surface area (Å²) in [7, 11) is 0. The quantitative estimate of drug-likeness (QED) is 0.255. The van der Waals surface area contributed by atoms with E-state index < -0.39 is 6.19 Å². The van der Waals surface area contributed by atoms with E-state index in [9.17, 15) is 0 Å². The van der Waals surface area contributed by atoms with Crippen LogP contribution < -0.4 is 10.6 Å². The predicted octanol–water partition coefficient (Wildman–Crippen LogP) is 8.31. The fourth-order valence-electron chi connectivity index (χ4n) is 6.77. The van der Waals surface area contributed by atoms with Gasteiger partial charge in [0.15, 0.2) is 0 Å². The van der Waals surface area contributed by atoms with Crippen LogP contribution >= 0.6 is 6.19 Å². The first-order valence-electron chi connectivity index (χ1n) is 13.6. The number of nitrogens with zero attached hydrogens (tertiary/aromatic N) is 1. The van der Waals surface area contributed by atoms with Crippen molar-refractivity contribution in [1.82, 2.24) is 4.67 Å². The molecule has 0 spiro atoms. The van der Waals surface area contributed by atoms with Crippen LogP contribution in [0.5, 0.6) is 0 Å². The fourth-order valence-corrected chi connectivity index (χ4v) is 12.3. The molecule has 0 heterocycles. The van der Waals surface area contributed by atoms with Crippen LogP contribution in [0.15, 0.2) is 84.9 Å². The third-order valence-corrected chi connectivity index (χ3v) is 13.5. The monoisotopic (exact) mass is 497 g/mol. The van der Waals surface area contributed by atoms with E-state index in [0.717, 1.165) is 0 Å². The zero-order valence-electron chi connectivity index (χ0n) is 20.6. The summed E-state index contributed by atoms with van der Waals surface area (Å²) in [5.41, 5.74) is 0. The Balaban J connectivity index is 1.66. The summed E-state index contributed by atoms with van der Waals surface area (Å²) >= 11 is 7.21. The van der Waals surface area contributed by atoms with Crippen LogP contribution in [0, 0.1) is 0 Å². The van der Waals surface area contributed by atoms with Gasteiger partial charge in [-0.25, -0.2) is 0 Å². The minimum absolute atomic E-state index is 0.593. The van der Waals surface area contributed by atoms with Gasteiger partial charge in [0.2, 0.25) is 0 Å². The van der Waals surface area contributed by atoms with Crippen molar-refractivity contribution in [3.63, 3.8) is 0 Å². The van der Waals surface area contributed by atoms with Crippen molar-refractivity contribution < 1.29 is 0 Å². The molecule has 2 saturated carbocycles. The van der Waals surface area contributed by atoms with Crippen molar-refractivity contribution in [3.8, 4) is 0 Å². The van der Waals surface area contributed by atoms with Crippen LogP contribution in [0.3, 0.4) is 0 Å². The molecule has 6 rings (SSSR count). The van der Waals surface area contributed by atoms with Gasteiger partial charge < -0.3 is 0 Å². The summed E-state index contributed by atoms with van der Waals surface area (Å²) in [4.78, 5) is 0. The van der Waals surface area contributed by atoms with Crippen molar-refractivity contribution in [1.29, 1.82) is 0 Å². The van der Waals surface area contributed by atoms with E-state index in [2.05, 4.69) is 89.6 Å². The molecule has 0 aliphatic heterocycles. The van der Waals surface area contributed by atoms with E-state index in [4.69, 9.17) is 11.8 Å². The van der Waals surface area contributed by atoms with Gasteiger partial charge in [0, 0.05) is 22.7 Å². The number of hydrogen-bond acceptors (Lipinski definition) is 1. The molecule has 0 N–H and O–H groups in total. The normalized spacial score (nSPS) is 18.4. The summed E-state index contributed by atoms with van der Waals surface area (Å²) in [5.74, 6) is 0. The Kier molecular flexibility index (Phi) is 6.80. The van der Waals surface area contributed by atoms with Crippen LogP contribution in [0.4, 0.5) is 0 Å². The molecule has 0 radical (unpaired) electrons. The number of fused-ring (bicyclic) bond motifs is 2. The molecule has 0 bridgehead atoms. The number of hydrogen-bond donors (Lipinski definition) is 0. The van der Waals surface area contributed by atoms with Gasteiger partial charge in [-0.1, -0.05) is 135 Å². The molecule has 0 unspecified atom stereocenters. The summed E-state index contributed by atoms with van der Waals surface area (Å²) in [6, 6.07) is 32.8. The number of benzene rings is 4. The summed E-state index contributed by atoms with van der Waals surface area (Å²) in [5, 5.41) is 8.13. The lowest BCUT2D eigenvalue weighted by atomic mass is 9.91. The highest BCUT2D eigenvalue weighted by Crippen LogP contribution is 2.56.